The molecule has 3 aromatic carbocycles. The van der Waals surface area contributed by atoms with Crippen LogP contribution in [0.15, 0.2) is 78.9 Å². The SMILES string of the molecule is CC(c1ccccc1Cl)N(C)CC(=O)Nc1ccccc1-c1ccccc1. The van der Waals surface area contributed by atoms with E-state index in [4.69, 9.17) is 11.6 Å². The van der Waals surface area contributed by atoms with Gasteiger partial charge in [0, 0.05) is 22.3 Å². The van der Waals surface area contributed by atoms with Crippen molar-refractivity contribution in [3.8, 4) is 11.1 Å². The number of rotatable bonds is 6. The fourth-order valence-electron chi connectivity index (χ4n) is 3.07. The minimum Gasteiger partial charge on any atom is -0.324 e. The fourth-order valence-corrected chi connectivity index (χ4v) is 3.36. The first-order chi connectivity index (χ1) is 13.1. The molecule has 0 aromatic heterocycles. The van der Waals surface area contributed by atoms with Gasteiger partial charge in [-0.15, -0.1) is 0 Å². The molecule has 27 heavy (non-hydrogen) atoms. The number of halogens is 1. The summed E-state index contributed by atoms with van der Waals surface area (Å²) in [6, 6.07) is 25.7. The van der Waals surface area contributed by atoms with Crippen LogP contribution >= 0.6 is 11.6 Å². The highest BCUT2D eigenvalue weighted by Crippen LogP contribution is 2.28. The second-order valence-electron chi connectivity index (χ2n) is 6.57. The third-order valence-electron chi connectivity index (χ3n) is 4.70. The van der Waals surface area contributed by atoms with Gasteiger partial charge in [-0.3, -0.25) is 9.69 Å². The van der Waals surface area contributed by atoms with Crippen molar-refractivity contribution >= 4 is 23.2 Å². The van der Waals surface area contributed by atoms with Crippen LogP contribution in [0, 0.1) is 0 Å². The summed E-state index contributed by atoms with van der Waals surface area (Å²) >= 11 is 6.29. The molecule has 0 fully saturated rings. The fraction of sp³-hybridized carbons (Fsp3) is 0.174. The molecule has 1 atom stereocenters. The van der Waals surface area contributed by atoms with Crippen molar-refractivity contribution < 1.29 is 4.79 Å². The first-order valence-electron chi connectivity index (χ1n) is 8.95. The quantitative estimate of drug-likeness (QED) is 0.602. The second kappa shape index (κ2) is 8.85. The zero-order valence-electron chi connectivity index (χ0n) is 15.5. The number of hydrogen-bond donors (Lipinski definition) is 1. The smallest absolute Gasteiger partial charge is 0.238 e. The number of nitrogens with one attached hydrogen (secondary N) is 1. The summed E-state index contributed by atoms with van der Waals surface area (Å²) in [7, 11) is 1.93. The summed E-state index contributed by atoms with van der Waals surface area (Å²) < 4.78 is 0. The van der Waals surface area contributed by atoms with Crippen LogP contribution in [0.4, 0.5) is 5.69 Å². The maximum atomic E-state index is 12.6. The molecule has 3 nitrogen and oxygen atoms in total. The minimum atomic E-state index is -0.0558. The molecule has 0 aliphatic heterocycles. The van der Waals surface area contributed by atoms with Crippen molar-refractivity contribution in [3.63, 3.8) is 0 Å². The number of nitrogens with zero attached hydrogens (tertiary/aromatic N) is 1. The number of anilines is 1. The van der Waals surface area contributed by atoms with Crippen molar-refractivity contribution in [1.29, 1.82) is 0 Å². The summed E-state index contributed by atoms with van der Waals surface area (Å²) in [4.78, 5) is 14.6. The minimum absolute atomic E-state index is 0.0359. The van der Waals surface area contributed by atoms with Gasteiger partial charge < -0.3 is 5.32 Å². The van der Waals surface area contributed by atoms with Gasteiger partial charge in [0.2, 0.25) is 5.91 Å². The molecule has 138 valence electrons. The number of likely N-dealkylation sites (N-methyl/N-ethyl adjacent to an activating group) is 1. The van der Waals surface area contributed by atoms with E-state index in [-0.39, 0.29) is 18.5 Å². The lowest BCUT2D eigenvalue weighted by molar-refractivity contribution is -0.117. The van der Waals surface area contributed by atoms with Gasteiger partial charge in [-0.2, -0.15) is 0 Å². The van der Waals surface area contributed by atoms with Gasteiger partial charge in [-0.05, 0) is 37.2 Å². The average Bonchev–Trinajstić information content (AvgIpc) is 2.69. The van der Waals surface area contributed by atoms with Crippen LogP contribution in [0.3, 0.4) is 0 Å². The Morgan fingerprint density at radius 3 is 2.33 bits per heavy atom. The predicted molar refractivity (Wildman–Crippen MR) is 113 cm³/mol. The Morgan fingerprint density at radius 2 is 1.59 bits per heavy atom. The van der Waals surface area contributed by atoms with Crippen molar-refractivity contribution in [2.45, 2.75) is 13.0 Å². The lowest BCUT2D eigenvalue weighted by Gasteiger charge is -2.25. The highest BCUT2D eigenvalue weighted by molar-refractivity contribution is 6.31. The Bertz CT molecular complexity index is 911. The molecular weight excluding hydrogens is 356 g/mol. The van der Waals surface area contributed by atoms with Gasteiger partial charge in [0.05, 0.1) is 6.54 Å². The average molecular weight is 379 g/mol. The number of amides is 1. The molecule has 0 radical (unpaired) electrons. The molecular formula is C23H23ClN2O. The van der Waals surface area contributed by atoms with Crippen molar-refractivity contribution in [3.05, 3.63) is 89.4 Å². The largest absolute Gasteiger partial charge is 0.324 e. The van der Waals surface area contributed by atoms with E-state index in [1.807, 2.05) is 97.7 Å². The molecule has 0 heterocycles. The van der Waals surface area contributed by atoms with E-state index in [0.29, 0.717) is 5.02 Å². The zero-order chi connectivity index (χ0) is 19.2. The lowest BCUT2D eigenvalue weighted by atomic mass is 10.0. The molecule has 0 spiro atoms. The Morgan fingerprint density at radius 1 is 0.963 bits per heavy atom. The van der Waals surface area contributed by atoms with Crippen LogP contribution in [-0.2, 0) is 4.79 Å². The number of carbonyl (C=O) groups is 1. The first-order valence-corrected chi connectivity index (χ1v) is 9.33. The molecule has 1 unspecified atom stereocenters. The molecule has 0 bridgehead atoms. The summed E-state index contributed by atoms with van der Waals surface area (Å²) in [5.74, 6) is -0.0558. The standard InChI is InChI=1S/C23H23ClN2O/c1-17(19-12-6-8-14-21(19)24)26(2)16-23(27)25-22-15-9-7-13-20(22)18-10-4-3-5-11-18/h3-15,17H,16H2,1-2H3,(H,25,27). The van der Waals surface area contributed by atoms with Crippen LogP contribution in [0.5, 0.6) is 0 Å². The van der Waals surface area contributed by atoms with Crippen molar-refractivity contribution in [2.75, 3.05) is 18.9 Å². The monoisotopic (exact) mass is 378 g/mol. The molecule has 1 amide bonds. The van der Waals surface area contributed by atoms with Crippen LogP contribution < -0.4 is 5.32 Å². The summed E-state index contributed by atoms with van der Waals surface area (Å²) in [5.41, 5.74) is 3.91. The Labute approximate surface area is 165 Å². The summed E-state index contributed by atoms with van der Waals surface area (Å²) in [6.07, 6.45) is 0. The highest BCUT2D eigenvalue weighted by Gasteiger charge is 2.17. The second-order valence-corrected chi connectivity index (χ2v) is 6.98. The van der Waals surface area contributed by atoms with Crippen LogP contribution in [0.2, 0.25) is 5.02 Å². The lowest BCUT2D eigenvalue weighted by Crippen LogP contribution is -2.32. The molecule has 0 aliphatic rings. The number of para-hydroxylation sites is 1. The Hall–Kier alpha value is -2.62. The number of hydrogen-bond acceptors (Lipinski definition) is 2. The van der Waals surface area contributed by atoms with E-state index in [1.165, 1.54) is 0 Å². The Kier molecular flexibility index (Phi) is 6.28. The molecule has 0 saturated carbocycles. The Balaban J connectivity index is 1.71. The normalized spacial score (nSPS) is 12.0. The van der Waals surface area contributed by atoms with Gasteiger partial charge in [0.1, 0.15) is 0 Å². The van der Waals surface area contributed by atoms with E-state index in [9.17, 15) is 4.79 Å². The first kappa shape index (κ1) is 19.2. The van der Waals surface area contributed by atoms with Crippen molar-refractivity contribution in [1.82, 2.24) is 4.90 Å². The number of carbonyl (C=O) groups excluding carboxylic acids is 1. The molecule has 4 heteroatoms. The zero-order valence-corrected chi connectivity index (χ0v) is 16.3. The molecule has 3 aromatic rings. The van der Waals surface area contributed by atoms with E-state index in [0.717, 1.165) is 22.4 Å². The molecule has 1 N–H and O–H groups in total. The van der Waals surface area contributed by atoms with Crippen molar-refractivity contribution in [2.24, 2.45) is 0 Å². The van der Waals surface area contributed by atoms with E-state index in [2.05, 4.69) is 5.32 Å². The van der Waals surface area contributed by atoms with Crippen LogP contribution in [-0.4, -0.2) is 24.4 Å². The van der Waals surface area contributed by atoms with E-state index >= 15 is 0 Å². The topological polar surface area (TPSA) is 32.3 Å². The molecule has 0 aliphatic carbocycles. The van der Waals surface area contributed by atoms with Gasteiger partial charge >= 0.3 is 0 Å². The highest BCUT2D eigenvalue weighted by atomic mass is 35.5. The van der Waals surface area contributed by atoms with E-state index in [1.54, 1.807) is 0 Å². The van der Waals surface area contributed by atoms with Crippen LogP contribution in [0.1, 0.15) is 18.5 Å². The van der Waals surface area contributed by atoms with E-state index < -0.39 is 0 Å². The third-order valence-corrected chi connectivity index (χ3v) is 5.04. The van der Waals surface area contributed by atoms with Gasteiger partial charge in [-0.25, -0.2) is 0 Å². The number of benzene rings is 3. The molecule has 3 rings (SSSR count). The van der Waals surface area contributed by atoms with Crippen LogP contribution in [0.25, 0.3) is 11.1 Å². The maximum absolute atomic E-state index is 12.6. The third kappa shape index (κ3) is 4.76. The predicted octanol–water partition coefficient (Wildman–Crippen LogP) is 5.64. The van der Waals surface area contributed by atoms with Gasteiger partial charge in [0.25, 0.3) is 0 Å². The van der Waals surface area contributed by atoms with Gasteiger partial charge in [0.15, 0.2) is 0 Å². The summed E-state index contributed by atoms with van der Waals surface area (Å²) in [6.45, 7) is 2.32. The van der Waals surface area contributed by atoms with Gasteiger partial charge in [-0.1, -0.05) is 78.3 Å². The summed E-state index contributed by atoms with van der Waals surface area (Å²) in [5, 5.41) is 3.76. The maximum Gasteiger partial charge on any atom is 0.238 e. The molecule has 0 saturated heterocycles.